The molecule has 0 heterocycles. The van der Waals surface area contributed by atoms with Crippen molar-refractivity contribution in [2.45, 2.75) is 20.3 Å². The number of hydrogen-bond acceptors (Lipinski definition) is 1. The van der Waals surface area contributed by atoms with Gasteiger partial charge in [0.15, 0.2) is 0 Å². The first-order valence-electron chi connectivity index (χ1n) is 5.96. The first-order chi connectivity index (χ1) is 8.06. The van der Waals surface area contributed by atoms with Gasteiger partial charge in [0.1, 0.15) is 6.67 Å². The number of amides is 1. The van der Waals surface area contributed by atoms with Gasteiger partial charge >= 0.3 is 0 Å². The van der Waals surface area contributed by atoms with Crippen LogP contribution in [0.1, 0.15) is 20.3 Å². The lowest BCUT2D eigenvalue weighted by atomic mass is 10.0. The van der Waals surface area contributed by atoms with E-state index in [4.69, 9.17) is 0 Å². The largest absolute Gasteiger partial charge is 0.339 e. The molecule has 1 aliphatic rings. The van der Waals surface area contributed by atoms with Crippen LogP contribution < -0.4 is 0 Å². The highest BCUT2D eigenvalue weighted by Gasteiger charge is 2.13. The zero-order valence-corrected chi connectivity index (χ0v) is 10.7. The molecule has 0 saturated carbocycles. The number of rotatable bonds is 4. The molecule has 2 nitrogen and oxygen atoms in total. The summed E-state index contributed by atoms with van der Waals surface area (Å²) in [7, 11) is 1.62. The number of allylic oxidation sites excluding steroid dienone is 4. The second kappa shape index (κ2) is 6.38. The number of likely N-dealkylation sites (N-methyl/N-ethyl adjacent to an activating group) is 1. The highest BCUT2D eigenvalue weighted by Crippen LogP contribution is 2.18. The molecule has 0 fully saturated rings. The van der Waals surface area contributed by atoms with Gasteiger partial charge in [-0.1, -0.05) is 32.1 Å². The fourth-order valence-corrected chi connectivity index (χ4v) is 1.68. The Hall–Kier alpha value is -1.38. The van der Waals surface area contributed by atoms with E-state index >= 15 is 0 Å². The van der Waals surface area contributed by atoms with Crippen molar-refractivity contribution in [1.29, 1.82) is 0 Å². The van der Waals surface area contributed by atoms with Gasteiger partial charge in [0.05, 0.1) is 0 Å². The molecule has 0 saturated heterocycles. The van der Waals surface area contributed by atoms with Gasteiger partial charge < -0.3 is 4.90 Å². The third-order valence-corrected chi connectivity index (χ3v) is 2.83. The molecule has 0 aromatic heterocycles. The molecular weight excluding hydrogens is 217 g/mol. The average molecular weight is 237 g/mol. The smallest absolute Gasteiger partial charge is 0.253 e. The van der Waals surface area contributed by atoms with E-state index in [0.717, 1.165) is 6.42 Å². The number of carbonyl (C=O) groups excluding carboxylic acids is 1. The Bertz CT molecular complexity index is 366. The predicted octanol–water partition coefficient (Wildman–Crippen LogP) is 2.88. The number of halogens is 1. The maximum absolute atomic E-state index is 12.2. The van der Waals surface area contributed by atoms with E-state index in [-0.39, 0.29) is 12.5 Å². The number of nitrogens with zero attached hydrogens (tertiary/aromatic N) is 1. The first kappa shape index (κ1) is 13.7. The summed E-state index contributed by atoms with van der Waals surface area (Å²) < 4.78 is 12.2. The van der Waals surface area contributed by atoms with Gasteiger partial charge in [-0.15, -0.1) is 0 Å². The van der Waals surface area contributed by atoms with E-state index in [1.54, 1.807) is 7.05 Å². The summed E-state index contributed by atoms with van der Waals surface area (Å²) in [5.74, 6) is 0.343. The van der Waals surface area contributed by atoms with Gasteiger partial charge in [-0.3, -0.25) is 4.79 Å². The summed E-state index contributed by atoms with van der Waals surface area (Å²) in [6.07, 6.45) is 8.57. The van der Waals surface area contributed by atoms with Gasteiger partial charge in [-0.05, 0) is 24.0 Å². The Morgan fingerprint density at radius 3 is 2.71 bits per heavy atom. The molecule has 0 spiro atoms. The van der Waals surface area contributed by atoms with Crippen LogP contribution in [0, 0.1) is 5.92 Å². The minimum atomic E-state index is -0.505. The second-order valence-corrected chi connectivity index (χ2v) is 4.50. The quantitative estimate of drug-likeness (QED) is 0.736. The molecule has 94 valence electrons. The molecule has 17 heavy (non-hydrogen) atoms. The molecule has 0 radical (unpaired) electrons. The average Bonchev–Trinajstić information content (AvgIpc) is 2.53. The van der Waals surface area contributed by atoms with E-state index in [1.165, 1.54) is 10.5 Å². The maximum Gasteiger partial charge on any atom is 0.253 e. The van der Waals surface area contributed by atoms with Crippen molar-refractivity contribution in [3.05, 3.63) is 35.5 Å². The van der Waals surface area contributed by atoms with Crippen LogP contribution in [0.25, 0.3) is 0 Å². The van der Waals surface area contributed by atoms with Crippen LogP contribution >= 0.6 is 0 Å². The Morgan fingerprint density at radius 2 is 2.12 bits per heavy atom. The van der Waals surface area contributed by atoms with E-state index in [1.807, 2.05) is 18.2 Å². The van der Waals surface area contributed by atoms with Gasteiger partial charge in [0.2, 0.25) is 0 Å². The Labute approximate surface area is 102 Å². The third-order valence-electron chi connectivity index (χ3n) is 2.83. The molecule has 0 atom stereocenters. The van der Waals surface area contributed by atoms with Gasteiger partial charge in [-0.25, -0.2) is 4.39 Å². The number of carbonyl (C=O) groups is 1. The van der Waals surface area contributed by atoms with Gasteiger partial charge in [-0.2, -0.15) is 0 Å². The van der Waals surface area contributed by atoms with Crippen LogP contribution in [-0.4, -0.2) is 31.1 Å². The van der Waals surface area contributed by atoms with Crippen molar-refractivity contribution in [2.24, 2.45) is 5.92 Å². The summed E-state index contributed by atoms with van der Waals surface area (Å²) in [5, 5.41) is 0. The molecule has 0 N–H and O–H groups in total. The normalized spacial score (nSPS) is 15.4. The monoisotopic (exact) mass is 237 g/mol. The molecule has 0 aromatic carbocycles. The van der Waals surface area contributed by atoms with Crippen molar-refractivity contribution in [3.8, 4) is 0 Å². The highest BCUT2D eigenvalue weighted by molar-refractivity contribution is 5.96. The van der Waals surface area contributed by atoms with Gasteiger partial charge in [0.25, 0.3) is 5.91 Å². The molecule has 3 heteroatoms. The fourth-order valence-electron chi connectivity index (χ4n) is 1.68. The van der Waals surface area contributed by atoms with Crippen LogP contribution in [0.2, 0.25) is 0 Å². The van der Waals surface area contributed by atoms with Crippen molar-refractivity contribution < 1.29 is 9.18 Å². The molecule has 0 unspecified atom stereocenters. The lowest BCUT2D eigenvalue weighted by Crippen LogP contribution is -2.29. The van der Waals surface area contributed by atoms with E-state index < -0.39 is 6.67 Å². The van der Waals surface area contributed by atoms with Crippen LogP contribution in [0.5, 0.6) is 0 Å². The summed E-state index contributed by atoms with van der Waals surface area (Å²) >= 11 is 0. The molecule has 0 bridgehead atoms. The summed E-state index contributed by atoms with van der Waals surface area (Å²) in [5.41, 5.74) is 1.88. The van der Waals surface area contributed by atoms with Crippen molar-refractivity contribution in [3.63, 3.8) is 0 Å². The third kappa shape index (κ3) is 3.84. The number of hydrogen-bond donors (Lipinski definition) is 0. The zero-order chi connectivity index (χ0) is 12.8. The van der Waals surface area contributed by atoms with Crippen LogP contribution in [0.4, 0.5) is 4.39 Å². The molecule has 0 aliphatic heterocycles. The van der Waals surface area contributed by atoms with Crippen LogP contribution in [0.15, 0.2) is 35.5 Å². The Kier molecular flexibility index (Phi) is 5.13. The lowest BCUT2D eigenvalue weighted by Gasteiger charge is -2.15. The minimum absolute atomic E-state index is 0.114. The van der Waals surface area contributed by atoms with E-state index in [9.17, 15) is 9.18 Å². The summed E-state index contributed by atoms with van der Waals surface area (Å²) in [6.45, 7) is 3.89. The SMILES string of the molecule is CC(C)C1=CCC=C(C(=O)N(C)CCF)C=C1. The highest BCUT2D eigenvalue weighted by atomic mass is 19.1. The summed E-state index contributed by atoms with van der Waals surface area (Å²) in [6, 6.07) is 0. The number of alkyl halides is 1. The topological polar surface area (TPSA) is 20.3 Å². The predicted molar refractivity (Wildman–Crippen MR) is 68.4 cm³/mol. The molecule has 1 amide bonds. The first-order valence-corrected chi connectivity index (χ1v) is 5.96. The van der Waals surface area contributed by atoms with Gasteiger partial charge in [0, 0.05) is 19.2 Å². The van der Waals surface area contributed by atoms with Crippen LogP contribution in [-0.2, 0) is 4.79 Å². The minimum Gasteiger partial charge on any atom is -0.339 e. The van der Waals surface area contributed by atoms with Crippen molar-refractivity contribution in [2.75, 3.05) is 20.3 Å². The van der Waals surface area contributed by atoms with E-state index in [2.05, 4.69) is 19.9 Å². The summed E-state index contributed by atoms with van der Waals surface area (Å²) in [4.78, 5) is 13.3. The molecular formula is C14H20FNO. The molecule has 1 aliphatic carbocycles. The zero-order valence-electron chi connectivity index (χ0n) is 10.7. The Morgan fingerprint density at radius 1 is 1.41 bits per heavy atom. The molecule has 0 aromatic rings. The maximum atomic E-state index is 12.2. The fraction of sp³-hybridized carbons (Fsp3) is 0.500. The van der Waals surface area contributed by atoms with Crippen molar-refractivity contribution in [1.82, 2.24) is 4.90 Å². The van der Waals surface area contributed by atoms with Crippen LogP contribution in [0.3, 0.4) is 0 Å². The lowest BCUT2D eigenvalue weighted by molar-refractivity contribution is -0.125. The standard InChI is InChI=1S/C14H20FNO/c1-11(2)12-5-4-6-13(8-7-12)14(17)16(3)10-9-15/h5-8,11H,4,9-10H2,1-3H3. The Balaban J connectivity index is 2.73. The van der Waals surface area contributed by atoms with Crippen molar-refractivity contribution >= 4 is 5.91 Å². The second-order valence-electron chi connectivity index (χ2n) is 4.50. The molecule has 1 rings (SSSR count). The van der Waals surface area contributed by atoms with E-state index in [0.29, 0.717) is 11.5 Å².